The van der Waals surface area contributed by atoms with Gasteiger partial charge >= 0.3 is 6.03 Å². The van der Waals surface area contributed by atoms with Crippen molar-refractivity contribution in [3.8, 4) is 0 Å². The summed E-state index contributed by atoms with van der Waals surface area (Å²) in [7, 11) is -3.55. The second-order valence-electron chi connectivity index (χ2n) is 17.8. The molecule has 288 valence electrons. The van der Waals surface area contributed by atoms with Crippen LogP contribution in [0.4, 0.5) is 4.79 Å². The van der Waals surface area contributed by atoms with Crippen molar-refractivity contribution in [2.24, 2.45) is 17.3 Å². The smallest absolute Gasteiger partial charge is 0.315 e. The van der Waals surface area contributed by atoms with E-state index in [2.05, 4.69) is 35.1 Å². The van der Waals surface area contributed by atoms with Crippen LogP contribution < -0.4 is 21.3 Å². The van der Waals surface area contributed by atoms with Crippen molar-refractivity contribution in [1.29, 1.82) is 0 Å². The van der Waals surface area contributed by atoms with E-state index in [-0.39, 0.29) is 35.0 Å². The van der Waals surface area contributed by atoms with Gasteiger partial charge in [0, 0.05) is 12.6 Å². The third-order valence-electron chi connectivity index (χ3n) is 12.5. The maximum atomic E-state index is 14.5. The van der Waals surface area contributed by atoms with Crippen LogP contribution >= 0.6 is 0 Å². The average Bonchev–Trinajstić information content (AvgIpc) is 3.90. The maximum absolute atomic E-state index is 14.5. The number of nitrogens with zero attached hydrogens (tertiary/aromatic N) is 1. The average molecular weight is 734 g/mol. The lowest BCUT2D eigenvalue weighted by atomic mass is 9.83. The van der Waals surface area contributed by atoms with Crippen molar-refractivity contribution in [2.75, 3.05) is 12.3 Å². The zero-order valence-electron chi connectivity index (χ0n) is 31.6. The van der Waals surface area contributed by atoms with Gasteiger partial charge in [0.25, 0.3) is 5.91 Å². The minimum atomic E-state index is -3.55. The summed E-state index contributed by atoms with van der Waals surface area (Å²) in [4.78, 5) is 70.3. The van der Waals surface area contributed by atoms with Gasteiger partial charge in [-0.15, -0.1) is 0 Å². The number of fused-ring (bicyclic) bond motifs is 3. The quantitative estimate of drug-likeness (QED) is 0.283. The summed E-state index contributed by atoms with van der Waals surface area (Å²) in [5, 5.41) is 11.7. The maximum Gasteiger partial charge on any atom is 0.315 e. The molecule has 0 aromatic rings. The van der Waals surface area contributed by atoms with Gasteiger partial charge in [-0.05, 0) is 76.5 Å². The molecule has 0 unspecified atom stereocenters. The monoisotopic (exact) mass is 733 g/mol. The largest absolute Gasteiger partial charge is 0.347 e. The Balaban J connectivity index is 1.37. The molecule has 3 saturated carbocycles. The van der Waals surface area contributed by atoms with Gasteiger partial charge < -0.3 is 26.2 Å². The number of carbonyl (C=O) groups is 5. The molecular formula is C38H63N5O7S. The zero-order chi connectivity index (χ0) is 37.2. The third-order valence-corrected chi connectivity index (χ3v) is 15.3. The van der Waals surface area contributed by atoms with Crippen LogP contribution in [-0.2, 0) is 29.0 Å². The number of amides is 5. The molecule has 12 nitrogen and oxygen atoms in total. The van der Waals surface area contributed by atoms with Crippen LogP contribution in [0.25, 0.3) is 0 Å². The highest BCUT2D eigenvalue weighted by Crippen LogP contribution is 2.65. The predicted octanol–water partition coefficient (Wildman–Crippen LogP) is 4.30. The molecule has 5 fully saturated rings. The Hall–Kier alpha value is -2.70. The fraction of sp³-hybridized carbons (Fsp3) is 0.868. The van der Waals surface area contributed by atoms with E-state index in [0.29, 0.717) is 38.6 Å². The van der Waals surface area contributed by atoms with Gasteiger partial charge in [0.15, 0.2) is 9.84 Å². The Morgan fingerprint density at radius 1 is 0.824 bits per heavy atom. The van der Waals surface area contributed by atoms with Crippen molar-refractivity contribution in [3.63, 3.8) is 0 Å². The lowest BCUT2D eigenvalue weighted by molar-refractivity contribution is -0.144. The molecule has 0 radical (unpaired) electrons. The Kier molecular flexibility index (Phi) is 12.2. The number of ketones is 1. The number of rotatable bonds is 7. The molecule has 5 rings (SSSR count). The highest BCUT2D eigenvalue weighted by atomic mass is 32.2. The summed E-state index contributed by atoms with van der Waals surface area (Å²) in [5.74, 6) is -2.26. The van der Waals surface area contributed by atoms with Crippen LogP contribution in [0.15, 0.2) is 0 Å². The van der Waals surface area contributed by atoms with Crippen molar-refractivity contribution in [2.45, 2.75) is 178 Å². The third kappa shape index (κ3) is 9.46. The second kappa shape index (κ2) is 15.7. The number of carbonyl (C=O) groups excluding carboxylic acids is 5. The molecule has 2 aliphatic heterocycles. The van der Waals surface area contributed by atoms with Crippen LogP contribution in [0, 0.1) is 17.3 Å². The molecule has 13 heteroatoms. The van der Waals surface area contributed by atoms with E-state index in [0.717, 1.165) is 77.0 Å². The summed E-state index contributed by atoms with van der Waals surface area (Å²) in [5.41, 5.74) is -1.10. The van der Waals surface area contributed by atoms with E-state index < -0.39 is 61.9 Å². The summed E-state index contributed by atoms with van der Waals surface area (Å²) in [6, 6.07) is -3.26. The molecule has 2 saturated heterocycles. The molecule has 5 atom stereocenters. The first-order valence-electron chi connectivity index (χ1n) is 19.7. The van der Waals surface area contributed by atoms with E-state index in [1.807, 2.05) is 0 Å². The number of nitrogens with one attached hydrogen (secondary N) is 4. The van der Waals surface area contributed by atoms with Crippen molar-refractivity contribution in [3.05, 3.63) is 0 Å². The van der Waals surface area contributed by atoms with E-state index in [4.69, 9.17) is 0 Å². The van der Waals surface area contributed by atoms with Crippen LogP contribution in [0.1, 0.15) is 144 Å². The van der Waals surface area contributed by atoms with Crippen LogP contribution in [-0.4, -0.2) is 89.6 Å². The molecule has 0 aromatic heterocycles. The molecule has 0 aromatic carbocycles. The Bertz CT molecular complexity index is 1430. The van der Waals surface area contributed by atoms with Gasteiger partial charge in [-0.3, -0.25) is 19.2 Å². The summed E-state index contributed by atoms with van der Waals surface area (Å²) < 4.78 is 25.8. The number of sulfone groups is 1. The summed E-state index contributed by atoms with van der Waals surface area (Å²) >= 11 is 0. The number of Topliss-reactive ketones (excluding diaryl/α,β-unsaturated/α-hetero) is 1. The van der Waals surface area contributed by atoms with E-state index >= 15 is 0 Å². The highest BCUT2D eigenvalue weighted by molar-refractivity contribution is 7.92. The zero-order valence-corrected chi connectivity index (χ0v) is 32.4. The van der Waals surface area contributed by atoms with E-state index in [9.17, 15) is 32.4 Å². The minimum absolute atomic E-state index is 0.0146. The van der Waals surface area contributed by atoms with Crippen LogP contribution in [0.2, 0.25) is 0 Å². The first kappa shape index (κ1) is 39.5. The minimum Gasteiger partial charge on any atom is -0.347 e. The number of piperidine rings is 1. The number of hydrogen-bond donors (Lipinski definition) is 4. The van der Waals surface area contributed by atoms with Gasteiger partial charge in [0.2, 0.25) is 17.6 Å². The lowest BCUT2D eigenvalue weighted by Crippen LogP contribution is -2.62. The molecule has 2 heterocycles. The van der Waals surface area contributed by atoms with Crippen LogP contribution in [0.5, 0.6) is 0 Å². The molecule has 51 heavy (non-hydrogen) atoms. The van der Waals surface area contributed by atoms with Crippen molar-refractivity contribution < 1.29 is 32.4 Å². The lowest BCUT2D eigenvalue weighted by Gasteiger charge is -2.40. The molecule has 3 aliphatic carbocycles. The first-order chi connectivity index (χ1) is 24.0. The van der Waals surface area contributed by atoms with E-state index in [1.54, 1.807) is 25.7 Å². The number of urea groups is 1. The van der Waals surface area contributed by atoms with Gasteiger partial charge in [0.05, 0.1) is 22.1 Å². The predicted molar refractivity (Wildman–Crippen MR) is 195 cm³/mol. The standard InChI is InChI=1S/C38H63N5O7S/c1-36(2,3)51(49,50)24-38(21-15-12-16-22-38)42-35(48)41-28-18-14-11-9-7-6-8-10-13-17-27(31(44)33(46)39-25-19-20-25)40-32(45)30-29-26(37(29,4)5)23-43(30)34(28)47/h25-30H,6-24H2,1-5H3,(H,39,46)(H,40,45)(H2,41,42,48)/t26-,27-,28-,29-,30-/m0/s1. The molecular weight excluding hydrogens is 671 g/mol. The van der Waals surface area contributed by atoms with E-state index in [1.165, 1.54) is 0 Å². The normalized spacial score (nSPS) is 30.5. The second-order valence-corrected chi connectivity index (χ2v) is 20.6. The van der Waals surface area contributed by atoms with Crippen molar-refractivity contribution >= 4 is 39.4 Å². The fourth-order valence-corrected chi connectivity index (χ4v) is 10.3. The van der Waals surface area contributed by atoms with Crippen molar-refractivity contribution in [1.82, 2.24) is 26.2 Å². The molecule has 0 bridgehead atoms. The molecule has 0 spiro atoms. The Labute approximate surface area is 305 Å². The topological polar surface area (TPSA) is 171 Å². The Morgan fingerprint density at radius 2 is 1.39 bits per heavy atom. The molecule has 5 amide bonds. The molecule has 4 N–H and O–H groups in total. The van der Waals surface area contributed by atoms with Gasteiger partial charge in [0.1, 0.15) is 12.1 Å². The van der Waals surface area contributed by atoms with Gasteiger partial charge in [-0.25, -0.2) is 13.2 Å². The van der Waals surface area contributed by atoms with Crippen LogP contribution in [0.3, 0.4) is 0 Å². The summed E-state index contributed by atoms with van der Waals surface area (Å²) in [6.45, 7) is 9.56. The molecule has 5 aliphatic rings. The highest BCUT2D eigenvalue weighted by Gasteiger charge is 2.69. The summed E-state index contributed by atoms with van der Waals surface area (Å²) in [6.07, 6.45) is 13.4. The van der Waals surface area contributed by atoms with Gasteiger partial charge in [-0.1, -0.05) is 84.5 Å². The first-order valence-corrected chi connectivity index (χ1v) is 21.4. The van der Waals surface area contributed by atoms with Gasteiger partial charge in [-0.2, -0.15) is 0 Å². The Morgan fingerprint density at radius 3 is 1.98 bits per heavy atom. The SMILES string of the molecule is CC1(C)[C@@H]2[C@H]3C(=O)N[C@H](C(=O)C(=O)NC4CC4)CCCCCCCCCC[C@H](NC(=O)NC4(CS(=O)(=O)C(C)(C)C)CCCCC4)C(=O)N3C[C@@H]21. The fourth-order valence-electron chi connectivity index (χ4n) is 8.75. The number of hydrogen-bond acceptors (Lipinski definition) is 7.